The molecule has 1 aromatic carbocycles. The lowest BCUT2D eigenvalue weighted by atomic mass is 10.4. The Balaban J connectivity index is 1.98. The second-order valence-electron chi connectivity index (χ2n) is 6.71. The van der Waals surface area contributed by atoms with E-state index < -0.39 is 7.36 Å². The summed E-state index contributed by atoms with van der Waals surface area (Å²) in [7, 11) is -0.501. The molecule has 7 nitrogen and oxygen atoms in total. The topological polar surface area (TPSA) is 58.6 Å². The van der Waals surface area contributed by atoms with Crippen LogP contribution >= 0.6 is 19.6 Å². The maximum absolute atomic E-state index is 5.68. The highest BCUT2D eigenvalue weighted by molar-refractivity contribution is 7.81. The van der Waals surface area contributed by atoms with Gasteiger partial charge in [-0.05, 0) is 18.6 Å². The van der Waals surface area contributed by atoms with Gasteiger partial charge in [-0.25, -0.2) is 14.1 Å². The van der Waals surface area contributed by atoms with Crippen molar-refractivity contribution in [3.8, 4) is 0 Å². The number of morpholine rings is 2. The summed E-state index contributed by atoms with van der Waals surface area (Å²) < 4.78 is 26.7. The molecule has 0 aliphatic carbocycles. The average molecular weight is 427 g/mol. The van der Waals surface area contributed by atoms with E-state index in [1.165, 1.54) is 5.30 Å². The van der Waals surface area contributed by atoms with Crippen molar-refractivity contribution in [2.24, 2.45) is 4.74 Å². The number of thiocarbonyl (C=S) groups is 1. The van der Waals surface area contributed by atoms with Crippen LogP contribution in [0, 0.1) is 0 Å². The molecule has 2 fully saturated rings. The molecule has 0 unspecified atom stereocenters. The van der Waals surface area contributed by atoms with E-state index in [0.717, 1.165) is 65.6 Å². The zero-order valence-corrected chi connectivity index (χ0v) is 18.3. The zero-order valence-electron chi connectivity index (χ0n) is 16.6. The molecule has 0 saturated carbocycles. The van der Waals surface area contributed by atoms with E-state index in [-0.39, 0.29) is 0 Å². The van der Waals surface area contributed by atoms with E-state index in [1.54, 1.807) is 7.11 Å². The highest BCUT2D eigenvalue weighted by Crippen LogP contribution is 2.56. The summed E-state index contributed by atoms with van der Waals surface area (Å²) in [5.74, 6) is 0. The Bertz CT molecular complexity index is 642. The van der Waals surface area contributed by atoms with Crippen LogP contribution < -0.4 is 10.6 Å². The Hall–Kier alpha value is -0.860. The molecule has 0 bridgehead atoms. The number of ether oxygens (including phenoxy) is 3. The van der Waals surface area contributed by atoms with Crippen LogP contribution in [-0.4, -0.2) is 87.3 Å². The molecule has 0 radical (unpaired) electrons. The number of nitrogens with one attached hydrogen (secondary N) is 1. The van der Waals surface area contributed by atoms with Gasteiger partial charge in [-0.15, -0.1) is 0 Å². The van der Waals surface area contributed by atoms with Gasteiger partial charge in [-0.3, -0.25) is 0 Å². The molecule has 0 spiro atoms. The van der Waals surface area contributed by atoms with Gasteiger partial charge < -0.3 is 19.5 Å². The molecule has 2 saturated heterocycles. The molecule has 1 aromatic rings. The van der Waals surface area contributed by atoms with Gasteiger partial charge >= 0.3 is 0 Å². The molecule has 2 aliphatic heterocycles. The van der Waals surface area contributed by atoms with E-state index in [4.69, 9.17) is 31.2 Å². The third-order valence-corrected chi connectivity index (χ3v) is 9.12. The molecule has 1 N–H and O–H groups in total. The SMILES string of the molecule is COCCCNC(=S)N=P(c1ccccc1)(N1CCOCC1)N1CCOCC1. The van der Waals surface area contributed by atoms with Crippen LogP contribution in [0.15, 0.2) is 35.1 Å². The van der Waals surface area contributed by atoms with Gasteiger partial charge in [0.1, 0.15) is 7.36 Å². The highest BCUT2D eigenvalue weighted by atomic mass is 32.1. The van der Waals surface area contributed by atoms with Crippen LogP contribution in [0.2, 0.25) is 0 Å². The molecule has 2 aliphatic rings. The summed E-state index contributed by atoms with van der Waals surface area (Å²) in [6.45, 7) is 7.80. The van der Waals surface area contributed by atoms with Crippen molar-refractivity contribution >= 4 is 30.0 Å². The number of hydrogen-bond acceptors (Lipinski definition) is 4. The molecule has 2 heterocycles. The minimum absolute atomic E-state index is 0.575. The monoisotopic (exact) mass is 426 g/mol. The number of methoxy groups -OCH3 is 1. The Kier molecular flexibility index (Phi) is 8.86. The fraction of sp³-hybridized carbons (Fsp3) is 0.632. The molecule has 0 atom stereocenters. The van der Waals surface area contributed by atoms with Gasteiger partial charge in [0.15, 0.2) is 5.11 Å². The average Bonchev–Trinajstić information content (AvgIpc) is 2.77. The fourth-order valence-corrected chi connectivity index (χ4v) is 7.72. The molecule has 156 valence electrons. The normalized spacial score (nSPS) is 19.3. The number of hydrogen-bond donors (Lipinski definition) is 1. The van der Waals surface area contributed by atoms with Crippen molar-refractivity contribution in [1.82, 2.24) is 14.7 Å². The van der Waals surface area contributed by atoms with Gasteiger partial charge in [-0.2, -0.15) is 0 Å². The first-order valence-corrected chi connectivity index (χ1v) is 11.9. The van der Waals surface area contributed by atoms with Gasteiger partial charge in [-0.1, -0.05) is 30.3 Å². The summed E-state index contributed by atoms with van der Waals surface area (Å²) in [5.41, 5.74) is 0. The summed E-state index contributed by atoms with van der Waals surface area (Å²) in [6.07, 6.45) is 0.901. The highest BCUT2D eigenvalue weighted by Gasteiger charge is 2.38. The molecular weight excluding hydrogens is 395 g/mol. The minimum Gasteiger partial charge on any atom is -0.385 e. The Morgan fingerprint density at radius 2 is 1.64 bits per heavy atom. The maximum Gasteiger partial charge on any atom is 0.194 e. The van der Waals surface area contributed by atoms with Crippen molar-refractivity contribution in [2.75, 3.05) is 72.9 Å². The minimum atomic E-state index is -2.21. The molecule has 0 amide bonds. The maximum atomic E-state index is 5.68. The summed E-state index contributed by atoms with van der Waals surface area (Å²) in [4.78, 5) is 0. The zero-order chi connectivity index (χ0) is 19.7. The van der Waals surface area contributed by atoms with Gasteiger partial charge in [0.25, 0.3) is 0 Å². The van der Waals surface area contributed by atoms with Crippen molar-refractivity contribution < 1.29 is 14.2 Å². The van der Waals surface area contributed by atoms with Gasteiger partial charge in [0.2, 0.25) is 0 Å². The standard InChI is InChI=1S/C19H31N4O3PS/c1-24-13-5-8-20-19(28)21-27(18-6-3-2-4-7-18,22-9-14-25-15-10-22)23-11-16-26-17-12-23/h2-4,6-7H,5,8-17H2,1H3,(H,20,28). The van der Waals surface area contributed by atoms with E-state index in [9.17, 15) is 0 Å². The molecule has 9 heteroatoms. The summed E-state index contributed by atoms with van der Waals surface area (Å²) in [6, 6.07) is 10.6. The van der Waals surface area contributed by atoms with Crippen LogP contribution in [0.3, 0.4) is 0 Å². The first kappa shape index (κ1) is 21.8. The van der Waals surface area contributed by atoms with Crippen molar-refractivity contribution in [1.29, 1.82) is 0 Å². The van der Waals surface area contributed by atoms with Crippen molar-refractivity contribution in [3.63, 3.8) is 0 Å². The molecule has 3 rings (SSSR count). The quantitative estimate of drug-likeness (QED) is 0.406. The van der Waals surface area contributed by atoms with Crippen molar-refractivity contribution in [3.05, 3.63) is 30.3 Å². The molecule has 0 aromatic heterocycles. The lowest BCUT2D eigenvalue weighted by Gasteiger charge is -2.46. The predicted molar refractivity (Wildman–Crippen MR) is 117 cm³/mol. The predicted octanol–water partition coefficient (Wildman–Crippen LogP) is 1.92. The molecule has 28 heavy (non-hydrogen) atoms. The third-order valence-electron chi connectivity index (χ3n) is 4.90. The Morgan fingerprint density at radius 1 is 1.07 bits per heavy atom. The largest absolute Gasteiger partial charge is 0.385 e. The smallest absolute Gasteiger partial charge is 0.194 e. The van der Waals surface area contributed by atoms with Crippen LogP contribution in [0.1, 0.15) is 6.42 Å². The second kappa shape index (κ2) is 11.4. The van der Waals surface area contributed by atoms with E-state index in [1.807, 2.05) is 0 Å². The lowest BCUT2D eigenvalue weighted by molar-refractivity contribution is 0.0579. The number of benzene rings is 1. The van der Waals surface area contributed by atoms with Gasteiger partial charge in [0.05, 0.1) is 26.4 Å². The second-order valence-corrected chi connectivity index (χ2v) is 10.1. The lowest BCUT2D eigenvalue weighted by Crippen LogP contribution is -2.46. The van der Waals surface area contributed by atoms with E-state index in [2.05, 4.69) is 45.0 Å². The van der Waals surface area contributed by atoms with E-state index in [0.29, 0.717) is 11.7 Å². The van der Waals surface area contributed by atoms with Crippen molar-refractivity contribution in [2.45, 2.75) is 6.42 Å². The van der Waals surface area contributed by atoms with Crippen LogP contribution in [0.5, 0.6) is 0 Å². The first-order chi connectivity index (χ1) is 13.8. The van der Waals surface area contributed by atoms with Gasteiger partial charge in [0, 0.05) is 51.7 Å². The fourth-order valence-electron chi connectivity index (χ4n) is 3.56. The van der Waals surface area contributed by atoms with Crippen LogP contribution in [0.25, 0.3) is 0 Å². The Labute approximate surface area is 173 Å². The van der Waals surface area contributed by atoms with Crippen LogP contribution in [-0.2, 0) is 14.2 Å². The van der Waals surface area contributed by atoms with Crippen LogP contribution in [0.4, 0.5) is 0 Å². The number of nitrogens with zero attached hydrogens (tertiary/aromatic N) is 3. The van der Waals surface area contributed by atoms with E-state index >= 15 is 0 Å². The summed E-state index contributed by atoms with van der Waals surface area (Å²) >= 11 is 5.68. The third kappa shape index (κ3) is 5.39. The Morgan fingerprint density at radius 3 is 2.18 bits per heavy atom. The summed E-state index contributed by atoms with van der Waals surface area (Å²) in [5, 5.41) is 5.13. The first-order valence-electron chi connectivity index (χ1n) is 9.88. The number of rotatable bonds is 7. The molecular formula is C19H31N4O3PS.